The van der Waals surface area contributed by atoms with E-state index in [4.69, 9.17) is 29.3 Å². The van der Waals surface area contributed by atoms with Crippen molar-refractivity contribution in [3.63, 3.8) is 0 Å². The van der Waals surface area contributed by atoms with Gasteiger partial charge in [-0.25, -0.2) is 14.5 Å². The molecule has 0 saturated heterocycles. The number of fused-ring (bicyclic) bond motifs is 6. The van der Waals surface area contributed by atoms with Crippen LogP contribution >= 0.6 is 0 Å². The normalized spacial score (nSPS) is 14.2. The fraction of sp³-hybridized carbons (Fsp3) is 0.100. The van der Waals surface area contributed by atoms with Gasteiger partial charge in [0.15, 0.2) is 11.5 Å². The van der Waals surface area contributed by atoms with Crippen LogP contribution in [0.15, 0.2) is 91.3 Å². The highest BCUT2D eigenvalue weighted by Crippen LogP contribution is 2.50. The van der Waals surface area contributed by atoms with E-state index >= 15 is 0 Å². The molecular formula is C30H22N4O3. The monoisotopic (exact) mass is 486 g/mol. The number of rotatable bonds is 4. The number of methoxy groups -OCH3 is 2. The van der Waals surface area contributed by atoms with E-state index in [0.29, 0.717) is 17.4 Å². The van der Waals surface area contributed by atoms with Crippen LogP contribution in [0.3, 0.4) is 0 Å². The van der Waals surface area contributed by atoms with Crippen molar-refractivity contribution in [3.05, 3.63) is 108 Å². The molecule has 7 rings (SSSR count). The molecule has 7 nitrogen and oxygen atoms in total. The van der Waals surface area contributed by atoms with Crippen LogP contribution in [0, 0.1) is 0 Å². The predicted molar refractivity (Wildman–Crippen MR) is 141 cm³/mol. The Kier molecular flexibility index (Phi) is 4.82. The van der Waals surface area contributed by atoms with Gasteiger partial charge < -0.3 is 14.2 Å². The van der Waals surface area contributed by atoms with E-state index in [1.807, 2.05) is 48.5 Å². The summed E-state index contributed by atoms with van der Waals surface area (Å²) in [5.41, 5.74) is 4.62. The number of nitrogens with zero attached hydrogens (tertiary/aromatic N) is 4. The SMILES string of the molecule is COc1ccc(-c2nc3c4c(ncn3n2)Oc2c(ccc3ccccc23)C4c2ccc(OC)cc2)cc1. The van der Waals surface area contributed by atoms with Gasteiger partial charge in [-0.1, -0.05) is 48.5 Å². The fourth-order valence-electron chi connectivity index (χ4n) is 5.05. The molecule has 1 aliphatic rings. The molecule has 6 aromatic rings. The average Bonchev–Trinajstić information content (AvgIpc) is 3.41. The molecule has 0 amide bonds. The first-order chi connectivity index (χ1) is 18.2. The summed E-state index contributed by atoms with van der Waals surface area (Å²) in [6.45, 7) is 0. The molecule has 3 heterocycles. The Hall–Kier alpha value is -4.91. The molecule has 0 radical (unpaired) electrons. The molecule has 1 unspecified atom stereocenters. The maximum Gasteiger partial charge on any atom is 0.228 e. The van der Waals surface area contributed by atoms with Gasteiger partial charge in [0.25, 0.3) is 0 Å². The summed E-state index contributed by atoms with van der Waals surface area (Å²) in [5, 5.41) is 6.90. The van der Waals surface area contributed by atoms with Gasteiger partial charge in [0, 0.05) is 22.4 Å². The molecule has 1 atom stereocenters. The maximum atomic E-state index is 6.51. The Balaban J connectivity index is 1.47. The van der Waals surface area contributed by atoms with Crippen molar-refractivity contribution in [2.24, 2.45) is 0 Å². The lowest BCUT2D eigenvalue weighted by Gasteiger charge is -2.28. The number of aromatic nitrogens is 4. The maximum absolute atomic E-state index is 6.51. The Labute approximate surface area is 212 Å². The number of hydrogen-bond acceptors (Lipinski definition) is 6. The van der Waals surface area contributed by atoms with Crippen molar-refractivity contribution in [3.8, 4) is 34.5 Å². The van der Waals surface area contributed by atoms with Crippen LogP contribution in [0.4, 0.5) is 0 Å². The smallest absolute Gasteiger partial charge is 0.228 e. The lowest BCUT2D eigenvalue weighted by molar-refractivity contribution is 0.414. The highest BCUT2D eigenvalue weighted by atomic mass is 16.5. The number of ether oxygens (including phenoxy) is 3. The van der Waals surface area contributed by atoms with Crippen LogP contribution in [-0.2, 0) is 0 Å². The van der Waals surface area contributed by atoms with E-state index in [-0.39, 0.29) is 5.92 Å². The van der Waals surface area contributed by atoms with Gasteiger partial charge >= 0.3 is 0 Å². The quantitative estimate of drug-likeness (QED) is 0.293. The third-order valence-corrected chi connectivity index (χ3v) is 6.89. The molecule has 0 saturated carbocycles. The predicted octanol–water partition coefficient (Wildman–Crippen LogP) is 6.25. The fourth-order valence-corrected chi connectivity index (χ4v) is 5.05. The van der Waals surface area contributed by atoms with Crippen molar-refractivity contribution in [1.82, 2.24) is 19.6 Å². The van der Waals surface area contributed by atoms with Crippen LogP contribution in [-0.4, -0.2) is 33.8 Å². The zero-order chi connectivity index (χ0) is 24.9. The third kappa shape index (κ3) is 3.39. The van der Waals surface area contributed by atoms with Gasteiger partial charge in [-0.2, -0.15) is 0 Å². The van der Waals surface area contributed by atoms with Crippen LogP contribution in [0.2, 0.25) is 0 Å². The Morgan fingerprint density at radius 3 is 2.30 bits per heavy atom. The first kappa shape index (κ1) is 21.4. The Morgan fingerprint density at radius 2 is 1.54 bits per heavy atom. The highest BCUT2D eigenvalue weighted by molar-refractivity contribution is 5.91. The molecule has 0 bridgehead atoms. The number of benzene rings is 4. The van der Waals surface area contributed by atoms with Crippen molar-refractivity contribution < 1.29 is 14.2 Å². The lowest BCUT2D eigenvalue weighted by Crippen LogP contribution is -2.15. The zero-order valence-electron chi connectivity index (χ0n) is 20.3. The number of hydrogen-bond donors (Lipinski definition) is 0. The van der Waals surface area contributed by atoms with Gasteiger partial charge in [0.05, 0.1) is 19.8 Å². The van der Waals surface area contributed by atoms with Gasteiger partial charge in [-0.05, 0) is 47.3 Å². The van der Waals surface area contributed by atoms with Crippen LogP contribution < -0.4 is 14.2 Å². The average molecular weight is 487 g/mol. The summed E-state index contributed by atoms with van der Waals surface area (Å²) in [7, 11) is 3.32. The summed E-state index contributed by atoms with van der Waals surface area (Å²) >= 11 is 0. The van der Waals surface area contributed by atoms with E-state index in [0.717, 1.165) is 50.3 Å². The highest BCUT2D eigenvalue weighted by Gasteiger charge is 2.34. The summed E-state index contributed by atoms with van der Waals surface area (Å²) < 4.78 is 19.0. The summed E-state index contributed by atoms with van der Waals surface area (Å²) in [6, 6.07) is 28.3. The molecular weight excluding hydrogens is 464 g/mol. The Morgan fingerprint density at radius 1 is 0.811 bits per heavy atom. The minimum atomic E-state index is -0.154. The van der Waals surface area contributed by atoms with Gasteiger partial charge in [-0.15, -0.1) is 5.10 Å². The van der Waals surface area contributed by atoms with Crippen molar-refractivity contribution in [2.45, 2.75) is 5.92 Å². The summed E-state index contributed by atoms with van der Waals surface area (Å²) in [4.78, 5) is 9.65. The van der Waals surface area contributed by atoms with E-state index in [1.54, 1.807) is 25.1 Å². The van der Waals surface area contributed by atoms with Gasteiger partial charge in [0.2, 0.25) is 5.88 Å². The molecule has 0 fully saturated rings. The molecule has 0 N–H and O–H groups in total. The molecule has 4 aromatic carbocycles. The van der Waals surface area contributed by atoms with Crippen LogP contribution in [0.1, 0.15) is 22.6 Å². The minimum Gasteiger partial charge on any atom is -0.497 e. The topological polar surface area (TPSA) is 70.8 Å². The summed E-state index contributed by atoms with van der Waals surface area (Å²) in [5.74, 6) is 3.39. The second-order valence-electron chi connectivity index (χ2n) is 8.91. The molecule has 0 aliphatic carbocycles. The van der Waals surface area contributed by atoms with Gasteiger partial charge in [-0.3, -0.25) is 0 Å². The minimum absolute atomic E-state index is 0.154. The Bertz CT molecular complexity index is 1780. The summed E-state index contributed by atoms with van der Waals surface area (Å²) in [6.07, 6.45) is 1.66. The second kappa shape index (κ2) is 8.34. The van der Waals surface area contributed by atoms with Crippen LogP contribution in [0.25, 0.3) is 27.8 Å². The standard InChI is InChI=1S/C30H22N4O3/c1-35-21-12-7-19(8-13-21)25-24-16-11-18-5-3-4-6-23(18)27(24)37-30-26(25)29-32-28(33-34(29)17-31-30)20-9-14-22(36-2)15-10-20/h3-17,25H,1-2H3. The second-order valence-corrected chi connectivity index (χ2v) is 8.91. The molecule has 37 heavy (non-hydrogen) atoms. The molecule has 1 aliphatic heterocycles. The van der Waals surface area contributed by atoms with E-state index in [9.17, 15) is 0 Å². The van der Waals surface area contributed by atoms with E-state index in [1.165, 1.54) is 0 Å². The van der Waals surface area contributed by atoms with Crippen molar-refractivity contribution >= 4 is 16.4 Å². The third-order valence-electron chi connectivity index (χ3n) is 6.89. The van der Waals surface area contributed by atoms with Crippen LogP contribution in [0.5, 0.6) is 23.1 Å². The first-order valence-electron chi connectivity index (χ1n) is 12.0. The zero-order valence-corrected chi connectivity index (χ0v) is 20.3. The van der Waals surface area contributed by atoms with E-state index in [2.05, 4.69) is 36.4 Å². The largest absolute Gasteiger partial charge is 0.497 e. The lowest BCUT2D eigenvalue weighted by atomic mass is 9.83. The molecule has 2 aromatic heterocycles. The van der Waals surface area contributed by atoms with Crippen molar-refractivity contribution in [2.75, 3.05) is 14.2 Å². The van der Waals surface area contributed by atoms with Crippen molar-refractivity contribution in [1.29, 1.82) is 0 Å². The van der Waals surface area contributed by atoms with Gasteiger partial charge in [0.1, 0.15) is 23.6 Å². The molecule has 7 heteroatoms. The molecule has 180 valence electrons. The van der Waals surface area contributed by atoms with E-state index < -0.39 is 0 Å². The first-order valence-corrected chi connectivity index (χ1v) is 12.0. The molecule has 0 spiro atoms.